The molecule has 3 rings (SSSR count). The predicted octanol–water partition coefficient (Wildman–Crippen LogP) is 4.88. The molecule has 5 heteroatoms. The average Bonchev–Trinajstić information content (AvgIpc) is 2.67. The molecule has 0 radical (unpaired) electrons. The van der Waals surface area contributed by atoms with E-state index in [1.807, 2.05) is 41.4 Å². The van der Waals surface area contributed by atoms with Crippen molar-refractivity contribution < 1.29 is 9.47 Å². The van der Waals surface area contributed by atoms with E-state index in [0.717, 1.165) is 28.3 Å². The number of hydrogen-bond donors (Lipinski definition) is 0. The van der Waals surface area contributed by atoms with Gasteiger partial charge in [0.1, 0.15) is 11.5 Å². The van der Waals surface area contributed by atoms with Crippen LogP contribution in [-0.4, -0.2) is 25.3 Å². The molecule has 2 aromatic carbocycles. The number of benzene rings is 2. The highest BCUT2D eigenvalue weighted by molar-refractivity contribution is 5.66. The fourth-order valence-electron chi connectivity index (χ4n) is 2.80. The fourth-order valence-corrected chi connectivity index (χ4v) is 2.80. The number of methoxy groups -OCH3 is 2. The average molecular weight is 337 g/mol. The summed E-state index contributed by atoms with van der Waals surface area (Å²) in [7, 11) is 3.33. The molecule has 0 bridgehead atoms. The lowest BCUT2D eigenvalue weighted by Gasteiger charge is -2.32. The maximum Gasteiger partial charge on any atom is 0.118 e. The maximum absolute atomic E-state index is 5.26. The van der Waals surface area contributed by atoms with Gasteiger partial charge in [0.05, 0.1) is 26.0 Å². The quantitative estimate of drug-likeness (QED) is 0.781. The lowest BCUT2D eigenvalue weighted by molar-refractivity contribution is 0.172. The minimum Gasteiger partial charge on any atom is -0.497 e. The summed E-state index contributed by atoms with van der Waals surface area (Å²) >= 11 is 0. The second kappa shape index (κ2) is 7.38. The van der Waals surface area contributed by atoms with E-state index in [2.05, 4.69) is 42.4 Å². The summed E-state index contributed by atoms with van der Waals surface area (Å²) in [5.41, 5.74) is 3.03. The summed E-state index contributed by atoms with van der Waals surface area (Å²) in [5, 5.41) is 10.9. The largest absolute Gasteiger partial charge is 0.497 e. The third-order valence-electron chi connectivity index (χ3n) is 4.23. The summed E-state index contributed by atoms with van der Waals surface area (Å²) in [5.74, 6) is 1.67. The van der Waals surface area contributed by atoms with Crippen LogP contribution in [0.3, 0.4) is 0 Å². The fraction of sp³-hybridized carbons (Fsp3) is 0.300. The van der Waals surface area contributed by atoms with Crippen LogP contribution in [0.15, 0.2) is 64.9 Å². The summed E-state index contributed by atoms with van der Waals surface area (Å²) < 4.78 is 10.5. The molecule has 2 aromatic rings. The summed E-state index contributed by atoms with van der Waals surface area (Å²) in [6.45, 7) is 4.23. The van der Waals surface area contributed by atoms with Crippen LogP contribution in [0, 0.1) is 0 Å². The van der Waals surface area contributed by atoms with Crippen LogP contribution in [0.25, 0.3) is 5.70 Å². The van der Waals surface area contributed by atoms with Crippen molar-refractivity contribution in [1.82, 2.24) is 5.01 Å². The van der Waals surface area contributed by atoms with Crippen LogP contribution in [0.1, 0.15) is 31.0 Å². The second-order valence-electron chi connectivity index (χ2n) is 6.16. The minimum atomic E-state index is 0.0282. The smallest absolute Gasteiger partial charge is 0.118 e. The molecule has 0 spiro atoms. The first kappa shape index (κ1) is 17.0. The lowest BCUT2D eigenvalue weighted by atomic mass is 10.0. The zero-order valence-corrected chi connectivity index (χ0v) is 15.0. The molecular formula is C20H23N3O2. The molecule has 0 saturated heterocycles. The van der Waals surface area contributed by atoms with Gasteiger partial charge in [0.2, 0.25) is 0 Å². The highest BCUT2D eigenvalue weighted by atomic mass is 16.5. The Balaban J connectivity index is 1.95. The number of hydrogen-bond acceptors (Lipinski definition) is 5. The van der Waals surface area contributed by atoms with Crippen LogP contribution in [0.5, 0.6) is 11.5 Å². The Bertz CT molecular complexity index is 765. The Morgan fingerprint density at radius 3 is 1.96 bits per heavy atom. The normalized spacial score (nSPS) is 16.8. The molecule has 0 fully saturated rings. The molecular weight excluding hydrogens is 314 g/mol. The molecule has 1 aliphatic rings. The number of ether oxygens (including phenoxy) is 2. The van der Waals surface area contributed by atoms with Crippen LogP contribution in [0.2, 0.25) is 0 Å². The van der Waals surface area contributed by atoms with Gasteiger partial charge in [-0.2, -0.15) is 0 Å². The highest BCUT2D eigenvalue weighted by Gasteiger charge is 2.24. The van der Waals surface area contributed by atoms with Crippen LogP contribution >= 0.6 is 0 Å². The van der Waals surface area contributed by atoms with Gasteiger partial charge in [0, 0.05) is 11.6 Å². The molecule has 0 aliphatic carbocycles. The van der Waals surface area contributed by atoms with Crippen LogP contribution in [-0.2, 0) is 0 Å². The van der Waals surface area contributed by atoms with E-state index in [0.29, 0.717) is 0 Å². The number of nitrogens with zero attached hydrogens (tertiary/aromatic N) is 3. The Kier molecular flexibility index (Phi) is 5.03. The zero-order chi connectivity index (χ0) is 17.8. The molecule has 1 atom stereocenters. The van der Waals surface area contributed by atoms with Gasteiger partial charge in [-0.05, 0) is 61.9 Å². The zero-order valence-electron chi connectivity index (χ0n) is 15.0. The van der Waals surface area contributed by atoms with Crippen LogP contribution < -0.4 is 9.47 Å². The Hall–Kier alpha value is -2.82. The summed E-state index contributed by atoms with van der Waals surface area (Å²) in [6.07, 6.45) is 2.15. The minimum absolute atomic E-state index is 0.0282. The Labute approximate surface area is 148 Å². The van der Waals surface area contributed by atoms with E-state index in [1.165, 1.54) is 0 Å². The van der Waals surface area contributed by atoms with Crippen molar-refractivity contribution in [2.75, 3.05) is 14.2 Å². The van der Waals surface area contributed by atoms with E-state index in [9.17, 15) is 0 Å². The molecule has 1 unspecified atom stereocenters. The summed E-state index contributed by atoms with van der Waals surface area (Å²) in [4.78, 5) is 0. The van der Waals surface area contributed by atoms with E-state index in [-0.39, 0.29) is 12.1 Å². The standard InChI is InChI=1S/C20H23N3O2/c1-14(2)23-20(16-7-11-18(25-4)12-8-16)13-19(21-22-23)15-5-9-17(24-3)10-6-15/h5-14,20H,1-4H3. The van der Waals surface area contributed by atoms with Crippen LogP contribution in [0.4, 0.5) is 0 Å². The van der Waals surface area contributed by atoms with Crippen molar-refractivity contribution in [3.8, 4) is 11.5 Å². The van der Waals surface area contributed by atoms with Crippen molar-refractivity contribution in [3.05, 3.63) is 65.7 Å². The van der Waals surface area contributed by atoms with Gasteiger partial charge < -0.3 is 9.47 Å². The van der Waals surface area contributed by atoms with Crippen molar-refractivity contribution in [3.63, 3.8) is 0 Å². The van der Waals surface area contributed by atoms with Gasteiger partial charge in [0.25, 0.3) is 0 Å². The summed E-state index contributed by atoms with van der Waals surface area (Å²) in [6, 6.07) is 16.2. The molecule has 1 aliphatic heterocycles. The molecule has 0 amide bonds. The van der Waals surface area contributed by atoms with E-state index < -0.39 is 0 Å². The van der Waals surface area contributed by atoms with Crippen molar-refractivity contribution in [2.45, 2.75) is 25.9 Å². The first-order valence-electron chi connectivity index (χ1n) is 8.32. The van der Waals surface area contributed by atoms with E-state index >= 15 is 0 Å². The van der Waals surface area contributed by atoms with Crippen molar-refractivity contribution in [2.24, 2.45) is 10.3 Å². The van der Waals surface area contributed by atoms with Gasteiger partial charge in [-0.25, -0.2) is 0 Å². The monoisotopic (exact) mass is 337 g/mol. The molecule has 0 N–H and O–H groups in total. The van der Waals surface area contributed by atoms with Gasteiger partial charge >= 0.3 is 0 Å². The lowest BCUT2D eigenvalue weighted by Crippen LogP contribution is -2.30. The van der Waals surface area contributed by atoms with Gasteiger partial charge in [-0.1, -0.05) is 17.4 Å². The first-order chi connectivity index (χ1) is 12.1. The molecule has 0 saturated carbocycles. The first-order valence-corrected chi connectivity index (χ1v) is 8.32. The predicted molar refractivity (Wildman–Crippen MR) is 98.5 cm³/mol. The molecule has 0 aromatic heterocycles. The third-order valence-corrected chi connectivity index (χ3v) is 4.23. The third kappa shape index (κ3) is 3.65. The van der Waals surface area contributed by atoms with E-state index in [4.69, 9.17) is 9.47 Å². The van der Waals surface area contributed by atoms with Gasteiger partial charge in [0.15, 0.2) is 0 Å². The van der Waals surface area contributed by atoms with Gasteiger partial charge in [-0.15, -0.1) is 5.11 Å². The maximum atomic E-state index is 5.26. The van der Waals surface area contributed by atoms with Crippen molar-refractivity contribution in [1.29, 1.82) is 0 Å². The molecule has 1 heterocycles. The second-order valence-corrected chi connectivity index (χ2v) is 6.16. The number of rotatable bonds is 5. The van der Waals surface area contributed by atoms with Crippen molar-refractivity contribution >= 4 is 5.70 Å². The Morgan fingerprint density at radius 1 is 0.880 bits per heavy atom. The SMILES string of the molecule is COc1ccc(C2=CC(c3ccc(OC)cc3)N(C(C)C)N=N2)cc1. The molecule has 5 nitrogen and oxygen atoms in total. The van der Waals surface area contributed by atoms with Gasteiger partial charge in [-0.3, -0.25) is 5.01 Å². The highest BCUT2D eigenvalue weighted by Crippen LogP contribution is 2.34. The topological polar surface area (TPSA) is 46.4 Å². The molecule has 130 valence electrons. The Morgan fingerprint density at radius 2 is 1.44 bits per heavy atom. The molecule has 25 heavy (non-hydrogen) atoms. The van der Waals surface area contributed by atoms with E-state index in [1.54, 1.807) is 14.2 Å².